The molecule has 0 bridgehead atoms. The molecule has 24 heavy (non-hydrogen) atoms. The van der Waals surface area contributed by atoms with Crippen molar-refractivity contribution in [2.45, 2.75) is 6.10 Å². The van der Waals surface area contributed by atoms with E-state index in [0.29, 0.717) is 0 Å². The number of benzene rings is 2. The lowest BCUT2D eigenvalue weighted by molar-refractivity contribution is -0.386. The van der Waals surface area contributed by atoms with Crippen LogP contribution >= 0.6 is 0 Å². The van der Waals surface area contributed by atoms with Crippen LogP contribution in [0.3, 0.4) is 0 Å². The number of nitro groups is 2. The summed E-state index contributed by atoms with van der Waals surface area (Å²) < 4.78 is 10.4. The Hall–Kier alpha value is -3.20. The van der Waals surface area contributed by atoms with Gasteiger partial charge in [-0.05, 0) is 12.1 Å². The maximum Gasteiger partial charge on any atom is 0.310 e. The van der Waals surface area contributed by atoms with Gasteiger partial charge in [-0.25, -0.2) is 0 Å². The molecule has 0 heterocycles. The molecule has 126 valence electrons. The summed E-state index contributed by atoms with van der Waals surface area (Å²) in [6.07, 6.45) is -1.12. The molecule has 2 rings (SSSR count). The molecule has 0 aliphatic heterocycles. The lowest BCUT2D eigenvalue weighted by Gasteiger charge is -2.13. The molecule has 0 fully saturated rings. The molecular weight excluding hydrogens is 320 g/mol. The van der Waals surface area contributed by atoms with Gasteiger partial charge in [0.1, 0.15) is 19.3 Å². The number of nitrogens with zero attached hydrogens (tertiary/aromatic N) is 2. The summed E-state index contributed by atoms with van der Waals surface area (Å²) in [5.74, 6) is 0.0412. The number of aliphatic hydroxyl groups excluding tert-OH is 1. The lowest BCUT2D eigenvalue weighted by Crippen LogP contribution is -2.25. The Bertz CT molecular complexity index is 674. The van der Waals surface area contributed by atoms with Crippen molar-refractivity contribution in [2.75, 3.05) is 13.2 Å². The molecule has 2 aromatic carbocycles. The Morgan fingerprint density at radius 2 is 1.21 bits per heavy atom. The van der Waals surface area contributed by atoms with Crippen molar-refractivity contribution < 1.29 is 24.4 Å². The predicted octanol–water partition coefficient (Wildman–Crippen LogP) is 2.32. The SMILES string of the molecule is O=[N+]([O-])c1ccccc1OCC(O)COc1ccccc1[N+](=O)[O-]. The third-order valence-electron chi connectivity index (χ3n) is 2.99. The third-order valence-corrected chi connectivity index (χ3v) is 2.99. The van der Waals surface area contributed by atoms with Crippen LogP contribution in [0, 0.1) is 20.2 Å². The smallest absolute Gasteiger partial charge is 0.310 e. The average Bonchev–Trinajstić information content (AvgIpc) is 2.58. The summed E-state index contributed by atoms with van der Waals surface area (Å²) in [6.45, 7) is -0.517. The Morgan fingerprint density at radius 1 is 0.833 bits per heavy atom. The number of aliphatic hydroxyl groups is 1. The predicted molar refractivity (Wildman–Crippen MR) is 83.2 cm³/mol. The van der Waals surface area contributed by atoms with E-state index in [4.69, 9.17) is 9.47 Å². The largest absolute Gasteiger partial charge is 0.484 e. The standard InChI is InChI=1S/C15H14N2O7/c18-11(9-23-14-7-3-1-5-12(14)16(19)20)10-24-15-8-4-2-6-13(15)17(21)22/h1-8,11,18H,9-10H2. The highest BCUT2D eigenvalue weighted by Gasteiger charge is 2.17. The number of hydrogen-bond donors (Lipinski definition) is 1. The second kappa shape index (κ2) is 7.88. The second-order valence-corrected chi connectivity index (χ2v) is 4.73. The van der Waals surface area contributed by atoms with E-state index in [9.17, 15) is 25.3 Å². The Balaban J connectivity index is 1.92. The van der Waals surface area contributed by atoms with Gasteiger partial charge < -0.3 is 14.6 Å². The highest BCUT2D eigenvalue weighted by molar-refractivity contribution is 5.46. The number of rotatable bonds is 8. The molecule has 9 heteroatoms. The highest BCUT2D eigenvalue weighted by Crippen LogP contribution is 2.27. The van der Waals surface area contributed by atoms with Crippen LogP contribution in [-0.4, -0.2) is 34.3 Å². The highest BCUT2D eigenvalue weighted by atomic mass is 16.6. The first-order valence-electron chi connectivity index (χ1n) is 6.89. The molecule has 0 radical (unpaired) electrons. The van der Waals surface area contributed by atoms with E-state index in [-0.39, 0.29) is 36.1 Å². The molecule has 2 aromatic rings. The van der Waals surface area contributed by atoms with E-state index < -0.39 is 16.0 Å². The fourth-order valence-electron chi connectivity index (χ4n) is 1.88. The van der Waals surface area contributed by atoms with Crippen molar-refractivity contribution in [1.82, 2.24) is 0 Å². The number of ether oxygens (including phenoxy) is 2. The van der Waals surface area contributed by atoms with Crippen LogP contribution in [0.15, 0.2) is 48.5 Å². The maximum absolute atomic E-state index is 10.9. The molecule has 0 aliphatic rings. The van der Waals surface area contributed by atoms with Gasteiger partial charge in [0.25, 0.3) is 0 Å². The Labute approximate surface area is 136 Å². The van der Waals surface area contributed by atoms with Crippen molar-refractivity contribution in [3.63, 3.8) is 0 Å². The van der Waals surface area contributed by atoms with E-state index in [2.05, 4.69) is 0 Å². The van der Waals surface area contributed by atoms with Gasteiger partial charge in [0, 0.05) is 12.1 Å². The second-order valence-electron chi connectivity index (χ2n) is 4.73. The summed E-state index contributed by atoms with van der Waals surface area (Å²) in [5, 5.41) is 31.5. The molecule has 0 saturated carbocycles. The van der Waals surface area contributed by atoms with E-state index in [0.717, 1.165) is 0 Å². The van der Waals surface area contributed by atoms with Crippen molar-refractivity contribution in [1.29, 1.82) is 0 Å². The summed E-state index contributed by atoms with van der Waals surface area (Å²) in [7, 11) is 0. The summed E-state index contributed by atoms with van der Waals surface area (Å²) in [6, 6.07) is 11.5. The fraction of sp³-hybridized carbons (Fsp3) is 0.200. The first kappa shape index (κ1) is 17.2. The van der Waals surface area contributed by atoms with E-state index in [1.807, 2.05) is 0 Å². The minimum absolute atomic E-state index is 0.0206. The minimum atomic E-state index is -1.12. The molecule has 0 spiro atoms. The zero-order valence-corrected chi connectivity index (χ0v) is 12.4. The van der Waals surface area contributed by atoms with Crippen LogP contribution in [-0.2, 0) is 0 Å². The van der Waals surface area contributed by atoms with Gasteiger partial charge in [-0.3, -0.25) is 20.2 Å². The minimum Gasteiger partial charge on any atom is -0.484 e. The number of hydrogen-bond acceptors (Lipinski definition) is 7. The van der Waals surface area contributed by atoms with Crippen molar-refractivity contribution >= 4 is 11.4 Å². The van der Waals surface area contributed by atoms with E-state index in [1.165, 1.54) is 36.4 Å². The first-order chi connectivity index (χ1) is 11.5. The topological polar surface area (TPSA) is 125 Å². The zero-order chi connectivity index (χ0) is 17.5. The van der Waals surface area contributed by atoms with Crippen LogP contribution < -0.4 is 9.47 Å². The van der Waals surface area contributed by atoms with Crippen molar-refractivity contribution in [3.05, 3.63) is 68.8 Å². The molecule has 0 aliphatic carbocycles. The van der Waals surface area contributed by atoms with Crippen molar-refractivity contribution in [2.24, 2.45) is 0 Å². The van der Waals surface area contributed by atoms with Gasteiger partial charge in [-0.1, -0.05) is 24.3 Å². The molecular formula is C15H14N2O7. The lowest BCUT2D eigenvalue weighted by atomic mass is 10.3. The van der Waals surface area contributed by atoms with Gasteiger partial charge >= 0.3 is 11.4 Å². The average molecular weight is 334 g/mol. The Morgan fingerprint density at radius 3 is 1.58 bits per heavy atom. The van der Waals surface area contributed by atoms with E-state index >= 15 is 0 Å². The van der Waals surface area contributed by atoms with Crippen LogP contribution in [0.2, 0.25) is 0 Å². The summed E-state index contributed by atoms with van der Waals surface area (Å²) >= 11 is 0. The third kappa shape index (κ3) is 4.40. The molecule has 1 N–H and O–H groups in total. The molecule has 9 nitrogen and oxygen atoms in total. The molecule has 0 atom stereocenters. The van der Waals surface area contributed by atoms with Crippen LogP contribution in [0.5, 0.6) is 11.5 Å². The number of para-hydroxylation sites is 4. The van der Waals surface area contributed by atoms with Crippen LogP contribution in [0.25, 0.3) is 0 Å². The van der Waals surface area contributed by atoms with Crippen LogP contribution in [0.4, 0.5) is 11.4 Å². The van der Waals surface area contributed by atoms with Gasteiger partial charge in [0.2, 0.25) is 0 Å². The van der Waals surface area contributed by atoms with E-state index in [1.54, 1.807) is 12.1 Å². The maximum atomic E-state index is 10.9. The summed E-state index contributed by atoms with van der Waals surface area (Å²) in [5.41, 5.74) is -0.436. The Kier molecular flexibility index (Phi) is 5.63. The monoisotopic (exact) mass is 334 g/mol. The normalized spacial score (nSPS) is 10.4. The van der Waals surface area contributed by atoms with Gasteiger partial charge in [-0.15, -0.1) is 0 Å². The molecule has 0 amide bonds. The molecule has 0 aromatic heterocycles. The van der Waals surface area contributed by atoms with Gasteiger partial charge in [0.05, 0.1) is 9.85 Å². The first-order valence-corrected chi connectivity index (χ1v) is 6.89. The number of nitro benzene ring substituents is 2. The molecule has 0 unspecified atom stereocenters. The zero-order valence-electron chi connectivity index (χ0n) is 12.4. The van der Waals surface area contributed by atoms with Crippen molar-refractivity contribution in [3.8, 4) is 11.5 Å². The fourth-order valence-corrected chi connectivity index (χ4v) is 1.88. The van der Waals surface area contributed by atoms with Gasteiger partial charge in [0.15, 0.2) is 11.5 Å². The summed E-state index contributed by atoms with van der Waals surface area (Å²) in [4.78, 5) is 20.5. The molecule has 0 saturated heterocycles. The van der Waals surface area contributed by atoms with Crippen LogP contribution in [0.1, 0.15) is 0 Å². The van der Waals surface area contributed by atoms with Gasteiger partial charge in [-0.2, -0.15) is 0 Å². The quantitative estimate of drug-likeness (QED) is 0.580.